The third-order valence-electron chi connectivity index (χ3n) is 4.94. The van der Waals surface area contributed by atoms with Crippen LogP contribution in [0, 0.1) is 6.92 Å². The van der Waals surface area contributed by atoms with Gasteiger partial charge < -0.3 is 10.2 Å². The number of anilines is 1. The highest BCUT2D eigenvalue weighted by Gasteiger charge is 2.19. The summed E-state index contributed by atoms with van der Waals surface area (Å²) < 4.78 is 24.6. The third kappa shape index (κ3) is 6.23. The summed E-state index contributed by atoms with van der Waals surface area (Å²) in [4.78, 5) is 25.2. The van der Waals surface area contributed by atoms with E-state index in [0.29, 0.717) is 6.54 Å². The molecule has 9 heteroatoms. The van der Waals surface area contributed by atoms with Crippen molar-refractivity contribution in [3.8, 4) is 0 Å². The Morgan fingerprint density at radius 3 is 2.38 bits per heavy atom. The van der Waals surface area contributed by atoms with E-state index in [1.807, 2.05) is 6.92 Å². The van der Waals surface area contributed by atoms with E-state index in [2.05, 4.69) is 25.1 Å². The van der Waals surface area contributed by atoms with E-state index in [1.54, 1.807) is 42.7 Å². The number of carbonyl (C=O) groups excluding carboxylic acids is 1. The number of nitrogens with one attached hydrogen (secondary N) is 1. The van der Waals surface area contributed by atoms with E-state index in [9.17, 15) is 13.2 Å². The van der Waals surface area contributed by atoms with Gasteiger partial charge in [0.05, 0.1) is 10.6 Å². The molecule has 1 aromatic heterocycles. The maximum atomic E-state index is 12.3. The van der Waals surface area contributed by atoms with Crippen LogP contribution in [0.5, 0.6) is 0 Å². The molecule has 0 radical (unpaired) electrons. The lowest BCUT2D eigenvalue weighted by atomic mass is 10.2. The molecular formula is C20H27N5O3S. The molecule has 2 aromatic rings. The second-order valence-corrected chi connectivity index (χ2v) is 9.22. The molecule has 0 bridgehead atoms. The lowest BCUT2D eigenvalue weighted by molar-refractivity contribution is -0.120. The number of aryl methyl sites for hydroxylation is 1. The average molecular weight is 418 g/mol. The van der Waals surface area contributed by atoms with Crippen molar-refractivity contribution < 1.29 is 13.2 Å². The second-order valence-electron chi connectivity index (χ2n) is 7.11. The smallest absolute Gasteiger partial charge is 0.225 e. The standard InChI is InChI=1S/C20H27N5O3S/c1-17-3-5-18(6-4-17)29(27,28)16-7-19(26)21-10-11-24-12-14-25(15-13-24)20-22-8-2-9-23-20/h2-6,8-9H,7,10-16H2,1H3,(H,21,26). The van der Waals surface area contributed by atoms with Gasteiger partial charge in [0.1, 0.15) is 0 Å². The number of rotatable bonds is 8. The summed E-state index contributed by atoms with van der Waals surface area (Å²) in [6.07, 6.45) is 3.45. The molecule has 1 N–H and O–H groups in total. The number of sulfone groups is 1. The lowest BCUT2D eigenvalue weighted by Gasteiger charge is -2.34. The minimum atomic E-state index is -3.44. The molecule has 1 aromatic carbocycles. The van der Waals surface area contributed by atoms with E-state index in [0.717, 1.165) is 44.2 Å². The van der Waals surface area contributed by atoms with Crippen molar-refractivity contribution in [1.82, 2.24) is 20.2 Å². The zero-order valence-corrected chi connectivity index (χ0v) is 17.4. The maximum Gasteiger partial charge on any atom is 0.225 e. The van der Waals surface area contributed by atoms with E-state index in [4.69, 9.17) is 0 Å². The van der Waals surface area contributed by atoms with Crippen molar-refractivity contribution in [2.75, 3.05) is 49.9 Å². The van der Waals surface area contributed by atoms with Crippen molar-refractivity contribution in [2.45, 2.75) is 18.2 Å². The molecule has 1 saturated heterocycles. The van der Waals surface area contributed by atoms with E-state index >= 15 is 0 Å². The minimum Gasteiger partial charge on any atom is -0.355 e. The lowest BCUT2D eigenvalue weighted by Crippen LogP contribution is -2.49. The van der Waals surface area contributed by atoms with Gasteiger partial charge in [-0.05, 0) is 25.1 Å². The van der Waals surface area contributed by atoms with Crippen molar-refractivity contribution in [2.24, 2.45) is 0 Å². The molecule has 1 fully saturated rings. The van der Waals surface area contributed by atoms with Crippen LogP contribution in [0.15, 0.2) is 47.6 Å². The number of amides is 1. The van der Waals surface area contributed by atoms with E-state index in [-0.39, 0.29) is 23.0 Å². The maximum absolute atomic E-state index is 12.3. The Hall–Kier alpha value is -2.52. The summed E-state index contributed by atoms with van der Waals surface area (Å²) in [7, 11) is -3.44. The molecule has 29 heavy (non-hydrogen) atoms. The molecule has 3 rings (SSSR count). The number of aromatic nitrogens is 2. The quantitative estimate of drug-likeness (QED) is 0.681. The highest BCUT2D eigenvalue weighted by molar-refractivity contribution is 7.91. The Balaban J connectivity index is 1.35. The van der Waals surface area contributed by atoms with Gasteiger partial charge in [0.25, 0.3) is 0 Å². The molecule has 8 nitrogen and oxygen atoms in total. The predicted octanol–water partition coefficient (Wildman–Crippen LogP) is 0.887. The van der Waals surface area contributed by atoms with Crippen LogP contribution >= 0.6 is 0 Å². The summed E-state index contributed by atoms with van der Waals surface area (Å²) in [5, 5.41) is 2.82. The largest absolute Gasteiger partial charge is 0.355 e. The number of piperazine rings is 1. The van der Waals surface area contributed by atoms with Crippen molar-refractivity contribution in [1.29, 1.82) is 0 Å². The van der Waals surface area contributed by atoms with Gasteiger partial charge in [-0.25, -0.2) is 18.4 Å². The summed E-state index contributed by atoms with van der Waals surface area (Å²) in [5.41, 5.74) is 0.999. The van der Waals surface area contributed by atoms with Crippen LogP contribution in [0.3, 0.4) is 0 Å². The van der Waals surface area contributed by atoms with Gasteiger partial charge in [-0.2, -0.15) is 0 Å². The van der Waals surface area contributed by atoms with Gasteiger partial charge in [0.2, 0.25) is 11.9 Å². The predicted molar refractivity (Wildman–Crippen MR) is 112 cm³/mol. The second kappa shape index (κ2) is 9.80. The molecule has 1 amide bonds. The fourth-order valence-corrected chi connectivity index (χ4v) is 4.40. The molecule has 0 unspecified atom stereocenters. The normalized spacial score (nSPS) is 15.3. The molecule has 2 heterocycles. The highest BCUT2D eigenvalue weighted by Crippen LogP contribution is 2.13. The molecular weight excluding hydrogens is 390 g/mol. The van der Waals surface area contributed by atoms with Crippen LogP contribution in [0.2, 0.25) is 0 Å². The first-order chi connectivity index (χ1) is 13.9. The summed E-state index contributed by atoms with van der Waals surface area (Å²) in [5.74, 6) is 0.324. The Morgan fingerprint density at radius 2 is 1.72 bits per heavy atom. The Labute approximate surface area is 171 Å². The van der Waals surface area contributed by atoms with Crippen LogP contribution in [-0.4, -0.2) is 74.2 Å². The van der Waals surface area contributed by atoms with E-state index < -0.39 is 9.84 Å². The highest BCUT2D eigenvalue weighted by atomic mass is 32.2. The molecule has 156 valence electrons. The van der Waals surface area contributed by atoms with Gasteiger partial charge in [-0.1, -0.05) is 17.7 Å². The number of nitrogens with zero attached hydrogens (tertiary/aromatic N) is 4. The Bertz CT molecular complexity index is 895. The first kappa shape index (κ1) is 21.2. The monoisotopic (exact) mass is 417 g/mol. The van der Waals surface area contributed by atoms with Crippen LogP contribution in [-0.2, 0) is 14.6 Å². The van der Waals surface area contributed by atoms with Crippen LogP contribution in [0.25, 0.3) is 0 Å². The van der Waals surface area contributed by atoms with Gasteiger partial charge >= 0.3 is 0 Å². The van der Waals surface area contributed by atoms with E-state index in [1.165, 1.54) is 0 Å². The average Bonchev–Trinajstić information content (AvgIpc) is 2.74. The summed E-state index contributed by atoms with van der Waals surface area (Å²) in [6, 6.07) is 8.49. The molecule has 0 spiro atoms. The zero-order valence-electron chi connectivity index (χ0n) is 16.6. The number of hydrogen-bond acceptors (Lipinski definition) is 7. The van der Waals surface area contributed by atoms with Gasteiger partial charge in [0, 0.05) is 58.1 Å². The minimum absolute atomic E-state index is 0.0324. The molecule has 1 aliphatic rings. The van der Waals surface area contributed by atoms with Crippen LogP contribution < -0.4 is 10.2 Å². The fourth-order valence-electron chi connectivity index (χ4n) is 3.16. The van der Waals surface area contributed by atoms with Crippen molar-refractivity contribution >= 4 is 21.7 Å². The van der Waals surface area contributed by atoms with Crippen molar-refractivity contribution in [3.63, 3.8) is 0 Å². The van der Waals surface area contributed by atoms with Gasteiger partial charge in [-0.15, -0.1) is 0 Å². The Kier molecular flexibility index (Phi) is 7.16. The van der Waals surface area contributed by atoms with Crippen LogP contribution in [0.1, 0.15) is 12.0 Å². The molecule has 0 aliphatic carbocycles. The number of carbonyl (C=O) groups is 1. The number of hydrogen-bond donors (Lipinski definition) is 1. The molecule has 0 saturated carbocycles. The molecule has 0 atom stereocenters. The van der Waals surface area contributed by atoms with Gasteiger partial charge in [0.15, 0.2) is 9.84 Å². The van der Waals surface area contributed by atoms with Crippen LogP contribution in [0.4, 0.5) is 5.95 Å². The SMILES string of the molecule is Cc1ccc(S(=O)(=O)CCC(=O)NCCN2CCN(c3ncccn3)CC2)cc1. The van der Waals surface area contributed by atoms with Gasteiger partial charge in [-0.3, -0.25) is 9.69 Å². The first-order valence-electron chi connectivity index (χ1n) is 9.74. The summed E-state index contributed by atoms with van der Waals surface area (Å²) >= 11 is 0. The third-order valence-corrected chi connectivity index (χ3v) is 6.67. The topological polar surface area (TPSA) is 95.5 Å². The fraction of sp³-hybridized carbons (Fsp3) is 0.450. The number of benzene rings is 1. The van der Waals surface area contributed by atoms with Crippen molar-refractivity contribution in [3.05, 3.63) is 48.3 Å². The first-order valence-corrected chi connectivity index (χ1v) is 11.4. The Morgan fingerprint density at radius 1 is 1.07 bits per heavy atom. The zero-order chi connectivity index (χ0) is 20.7. The molecule has 1 aliphatic heterocycles. The summed E-state index contributed by atoms with van der Waals surface area (Å²) in [6.45, 7) is 6.57.